The minimum Gasteiger partial charge on any atom is -0.490 e. The predicted molar refractivity (Wildman–Crippen MR) is 66.8 cm³/mol. The summed E-state index contributed by atoms with van der Waals surface area (Å²) in [5, 5.41) is 3.27. The molecule has 0 radical (unpaired) electrons. The number of aromatic nitrogens is 1. The zero-order valence-electron chi connectivity index (χ0n) is 9.91. The van der Waals surface area contributed by atoms with Crippen LogP contribution in [0.5, 0.6) is 5.75 Å². The molecule has 1 heterocycles. The van der Waals surface area contributed by atoms with Crippen molar-refractivity contribution in [1.29, 1.82) is 0 Å². The van der Waals surface area contributed by atoms with Crippen LogP contribution in [-0.4, -0.2) is 24.7 Å². The van der Waals surface area contributed by atoms with Gasteiger partial charge in [-0.2, -0.15) is 0 Å². The third-order valence-corrected chi connectivity index (χ3v) is 2.16. The Morgan fingerprint density at radius 2 is 2.31 bits per heavy atom. The molecule has 1 rings (SSSR count). The molecule has 16 heavy (non-hydrogen) atoms. The van der Waals surface area contributed by atoms with Crippen LogP contribution in [0, 0.1) is 0 Å². The van der Waals surface area contributed by atoms with Gasteiger partial charge in [0, 0.05) is 12.7 Å². The van der Waals surface area contributed by atoms with Crippen molar-refractivity contribution < 1.29 is 4.74 Å². The van der Waals surface area contributed by atoms with Crippen LogP contribution in [0.15, 0.2) is 18.3 Å². The third kappa shape index (κ3) is 4.49. The molecule has 4 heteroatoms. The number of hydrogen-bond donors (Lipinski definition) is 2. The lowest BCUT2D eigenvalue weighted by molar-refractivity contribution is 0.318. The number of nitrogens with zero attached hydrogens (tertiary/aromatic N) is 1. The largest absolute Gasteiger partial charge is 0.490 e. The van der Waals surface area contributed by atoms with Gasteiger partial charge in [0.05, 0.1) is 6.61 Å². The summed E-state index contributed by atoms with van der Waals surface area (Å²) in [6, 6.07) is 3.82. The summed E-state index contributed by atoms with van der Waals surface area (Å²) in [7, 11) is 0. The van der Waals surface area contributed by atoms with Gasteiger partial charge in [-0.1, -0.05) is 6.92 Å². The molecule has 0 aromatic carbocycles. The predicted octanol–water partition coefficient (Wildman–Crippen LogP) is 2.02. The molecular weight excluding hydrogens is 202 g/mol. The van der Waals surface area contributed by atoms with Crippen molar-refractivity contribution in [3.8, 4) is 5.75 Å². The molecular formula is C12H21N3O. The van der Waals surface area contributed by atoms with Crippen molar-refractivity contribution >= 4 is 5.82 Å². The van der Waals surface area contributed by atoms with E-state index in [0.717, 1.165) is 50.5 Å². The summed E-state index contributed by atoms with van der Waals surface area (Å²) in [6.45, 7) is 4.44. The molecule has 0 aliphatic rings. The fourth-order valence-electron chi connectivity index (χ4n) is 1.33. The van der Waals surface area contributed by atoms with Gasteiger partial charge in [0.25, 0.3) is 0 Å². The molecule has 0 saturated carbocycles. The molecule has 0 aliphatic heterocycles. The Kier molecular flexibility index (Phi) is 6.33. The van der Waals surface area contributed by atoms with E-state index in [1.54, 1.807) is 6.20 Å². The van der Waals surface area contributed by atoms with E-state index in [-0.39, 0.29) is 0 Å². The number of nitrogens with two attached hydrogens (primary N) is 1. The molecule has 3 N–H and O–H groups in total. The third-order valence-electron chi connectivity index (χ3n) is 2.16. The Morgan fingerprint density at radius 1 is 1.44 bits per heavy atom. The Balaban J connectivity index is 2.43. The molecule has 0 bridgehead atoms. The summed E-state index contributed by atoms with van der Waals surface area (Å²) in [5.74, 6) is 1.66. The number of anilines is 1. The Bertz CT molecular complexity index is 291. The van der Waals surface area contributed by atoms with Crippen LogP contribution in [0.1, 0.15) is 26.2 Å². The molecule has 4 nitrogen and oxygen atoms in total. The number of ether oxygens (including phenoxy) is 1. The van der Waals surface area contributed by atoms with E-state index in [9.17, 15) is 0 Å². The van der Waals surface area contributed by atoms with Gasteiger partial charge < -0.3 is 15.8 Å². The highest BCUT2D eigenvalue weighted by atomic mass is 16.5. The zero-order valence-corrected chi connectivity index (χ0v) is 9.91. The Labute approximate surface area is 97.2 Å². The van der Waals surface area contributed by atoms with Gasteiger partial charge in [-0.05, 0) is 37.9 Å². The average Bonchev–Trinajstić information content (AvgIpc) is 2.33. The van der Waals surface area contributed by atoms with Crippen LogP contribution in [0.3, 0.4) is 0 Å². The number of pyridine rings is 1. The van der Waals surface area contributed by atoms with Gasteiger partial charge in [0.15, 0.2) is 11.6 Å². The van der Waals surface area contributed by atoms with Crippen LogP contribution in [0.4, 0.5) is 5.82 Å². The first-order valence-corrected chi connectivity index (χ1v) is 5.90. The highest BCUT2D eigenvalue weighted by Gasteiger charge is 2.02. The maximum absolute atomic E-state index is 5.59. The average molecular weight is 223 g/mol. The topological polar surface area (TPSA) is 60.2 Å². The van der Waals surface area contributed by atoms with Crippen LogP contribution in [0.25, 0.3) is 0 Å². The monoisotopic (exact) mass is 223 g/mol. The van der Waals surface area contributed by atoms with Crippen LogP contribution >= 0.6 is 0 Å². The second-order valence-electron chi connectivity index (χ2n) is 3.62. The van der Waals surface area contributed by atoms with Gasteiger partial charge in [0.2, 0.25) is 0 Å². The molecule has 1 aromatic rings. The van der Waals surface area contributed by atoms with Crippen molar-refractivity contribution in [2.75, 3.05) is 25.0 Å². The zero-order chi connectivity index (χ0) is 11.6. The maximum atomic E-state index is 5.59. The molecule has 0 saturated heterocycles. The lowest BCUT2D eigenvalue weighted by Gasteiger charge is -2.11. The molecule has 0 amide bonds. The normalized spacial score (nSPS) is 10.1. The standard InChI is InChI=1S/C12H21N3O/c1-2-10-16-11-6-5-9-15-12(11)14-8-4-3-7-13/h5-6,9H,2-4,7-8,10,13H2,1H3,(H,14,15). The molecule has 0 spiro atoms. The maximum Gasteiger partial charge on any atom is 0.168 e. The van der Waals surface area contributed by atoms with Crippen molar-refractivity contribution in [3.05, 3.63) is 18.3 Å². The molecule has 1 aromatic heterocycles. The Hall–Kier alpha value is -1.29. The number of unbranched alkanes of at least 4 members (excludes halogenated alkanes) is 1. The van der Waals surface area contributed by atoms with Gasteiger partial charge in [-0.15, -0.1) is 0 Å². The first kappa shape index (κ1) is 12.8. The molecule has 90 valence electrons. The number of hydrogen-bond acceptors (Lipinski definition) is 4. The van der Waals surface area contributed by atoms with E-state index < -0.39 is 0 Å². The van der Waals surface area contributed by atoms with Crippen molar-refractivity contribution in [1.82, 2.24) is 4.98 Å². The van der Waals surface area contributed by atoms with Crippen LogP contribution in [0.2, 0.25) is 0 Å². The first-order valence-electron chi connectivity index (χ1n) is 5.90. The van der Waals surface area contributed by atoms with E-state index in [1.165, 1.54) is 0 Å². The summed E-state index contributed by atoms with van der Waals surface area (Å²) in [6.07, 6.45) is 4.86. The lowest BCUT2D eigenvalue weighted by atomic mass is 10.3. The van der Waals surface area contributed by atoms with E-state index in [0.29, 0.717) is 0 Å². The lowest BCUT2D eigenvalue weighted by Crippen LogP contribution is -2.08. The molecule has 0 aliphatic carbocycles. The van der Waals surface area contributed by atoms with Crippen molar-refractivity contribution in [2.24, 2.45) is 5.73 Å². The van der Waals surface area contributed by atoms with Crippen molar-refractivity contribution in [2.45, 2.75) is 26.2 Å². The van der Waals surface area contributed by atoms with E-state index >= 15 is 0 Å². The van der Waals surface area contributed by atoms with E-state index in [4.69, 9.17) is 10.5 Å². The van der Waals surface area contributed by atoms with Crippen LogP contribution < -0.4 is 15.8 Å². The minimum atomic E-state index is 0.725. The van der Waals surface area contributed by atoms with E-state index in [1.807, 2.05) is 12.1 Å². The molecule has 0 atom stereocenters. The fraction of sp³-hybridized carbons (Fsp3) is 0.583. The van der Waals surface area contributed by atoms with E-state index in [2.05, 4.69) is 17.2 Å². The summed E-state index contributed by atoms with van der Waals surface area (Å²) in [4.78, 5) is 4.26. The van der Waals surface area contributed by atoms with Crippen LogP contribution in [-0.2, 0) is 0 Å². The highest BCUT2D eigenvalue weighted by molar-refractivity contribution is 5.49. The molecule has 0 unspecified atom stereocenters. The number of rotatable bonds is 8. The van der Waals surface area contributed by atoms with Gasteiger partial charge in [-0.3, -0.25) is 0 Å². The SMILES string of the molecule is CCCOc1cccnc1NCCCCN. The van der Waals surface area contributed by atoms with Gasteiger partial charge >= 0.3 is 0 Å². The number of nitrogens with one attached hydrogen (secondary N) is 1. The van der Waals surface area contributed by atoms with Gasteiger partial charge in [0.1, 0.15) is 0 Å². The fourth-order valence-corrected chi connectivity index (χ4v) is 1.33. The Morgan fingerprint density at radius 3 is 3.06 bits per heavy atom. The van der Waals surface area contributed by atoms with Gasteiger partial charge in [-0.25, -0.2) is 4.98 Å². The van der Waals surface area contributed by atoms with Crippen molar-refractivity contribution in [3.63, 3.8) is 0 Å². The summed E-state index contributed by atoms with van der Waals surface area (Å²) in [5.41, 5.74) is 5.44. The highest BCUT2D eigenvalue weighted by Crippen LogP contribution is 2.20. The summed E-state index contributed by atoms with van der Waals surface area (Å²) < 4.78 is 5.59. The smallest absolute Gasteiger partial charge is 0.168 e. The minimum absolute atomic E-state index is 0.725. The quantitative estimate of drug-likeness (QED) is 0.662. The second-order valence-corrected chi connectivity index (χ2v) is 3.62. The first-order chi connectivity index (χ1) is 7.88. The second kappa shape index (κ2) is 7.93. The molecule has 0 fully saturated rings. The summed E-state index contributed by atoms with van der Waals surface area (Å²) >= 11 is 0.